The highest BCUT2D eigenvalue weighted by molar-refractivity contribution is 5.79. The molecule has 0 saturated heterocycles. The van der Waals surface area contributed by atoms with Crippen LogP contribution in [-0.4, -0.2) is 26.2 Å². The van der Waals surface area contributed by atoms with Crippen molar-refractivity contribution in [2.75, 3.05) is 20.3 Å². The fourth-order valence-corrected chi connectivity index (χ4v) is 2.67. The monoisotopic (exact) mass is 327 g/mol. The van der Waals surface area contributed by atoms with Crippen LogP contribution in [0.1, 0.15) is 24.1 Å². The first-order valence-corrected chi connectivity index (χ1v) is 7.97. The van der Waals surface area contributed by atoms with E-state index in [2.05, 4.69) is 5.32 Å². The first-order chi connectivity index (χ1) is 11.7. The molecule has 1 unspecified atom stereocenters. The van der Waals surface area contributed by atoms with Crippen LogP contribution < -0.4 is 19.5 Å². The lowest BCUT2D eigenvalue weighted by atomic mass is 10.1. The molecular formula is C19H21NO4. The summed E-state index contributed by atoms with van der Waals surface area (Å²) in [6.45, 7) is 3.07. The summed E-state index contributed by atoms with van der Waals surface area (Å²) in [5, 5.41) is 3.01. The van der Waals surface area contributed by atoms with Gasteiger partial charge in [-0.15, -0.1) is 0 Å². The predicted octanol–water partition coefficient (Wildman–Crippen LogP) is 2.89. The van der Waals surface area contributed by atoms with Gasteiger partial charge in [0.1, 0.15) is 19.0 Å². The third-order valence-electron chi connectivity index (χ3n) is 3.94. The van der Waals surface area contributed by atoms with Gasteiger partial charge in [0.25, 0.3) is 0 Å². The smallest absolute Gasteiger partial charge is 0.224 e. The van der Waals surface area contributed by atoms with Crippen molar-refractivity contribution in [3.05, 3.63) is 53.6 Å². The average Bonchev–Trinajstić information content (AvgIpc) is 2.61. The van der Waals surface area contributed by atoms with Gasteiger partial charge in [0.05, 0.1) is 19.6 Å². The van der Waals surface area contributed by atoms with E-state index in [1.54, 1.807) is 7.11 Å². The van der Waals surface area contributed by atoms with Gasteiger partial charge in [-0.2, -0.15) is 0 Å². The molecule has 1 aliphatic rings. The fourth-order valence-electron chi connectivity index (χ4n) is 2.67. The van der Waals surface area contributed by atoms with Crippen molar-refractivity contribution >= 4 is 5.91 Å². The number of ether oxygens (including phenoxy) is 3. The third kappa shape index (κ3) is 3.79. The Morgan fingerprint density at radius 3 is 2.75 bits per heavy atom. The molecule has 0 aliphatic carbocycles. The molecule has 1 heterocycles. The van der Waals surface area contributed by atoms with Crippen molar-refractivity contribution in [1.82, 2.24) is 5.32 Å². The molecule has 0 fully saturated rings. The van der Waals surface area contributed by atoms with Gasteiger partial charge in [0, 0.05) is 0 Å². The van der Waals surface area contributed by atoms with Gasteiger partial charge in [-0.1, -0.05) is 18.2 Å². The van der Waals surface area contributed by atoms with E-state index >= 15 is 0 Å². The summed E-state index contributed by atoms with van der Waals surface area (Å²) in [5.41, 5.74) is 1.90. The van der Waals surface area contributed by atoms with Gasteiger partial charge in [-0.25, -0.2) is 0 Å². The van der Waals surface area contributed by atoms with E-state index in [4.69, 9.17) is 14.2 Å². The molecule has 0 radical (unpaired) electrons. The summed E-state index contributed by atoms with van der Waals surface area (Å²) in [7, 11) is 1.61. The quantitative estimate of drug-likeness (QED) is 0.917. The Morgan fingerprint density at radius 2 is 1.96 bits per heavy atom. The van der Waals surface area contributed by atoms with E-state index in [0.717, 1.165) is 28.4 Å². The number of methoxy groups -OCH3 is 1. The van der Waals surface area contributed by atoms with Crippen LogP contribution in [0.4, 0.5) is 0 Å². The Morgan fingerprint density at radius 1 is 1.17 bits per heavy atom. The normalized spacial score (nSPS) is 13.9. The zero-order valence-corrected chi connectivity index (χ0v) is 13.9. The highest BCUT2D eigenvalue weighted by Crippen LogP contribution is 2.32. The second-order valence-corrected chi connectivity index (χ2v) is 5.72. The summed E-state index contributed by atoms with van der Waals surface area (Å²) in [4.78, 5) is 12.3. The minimum atomic E-state index is -0.112. The molecule has 126 valence electrons. The number of carbonyl (C=O) groups excluding carboxylic acids is 1. The minimum absolute atomic E-state index is 0.0364. The van der Waals surface area contributed by atoms with E-state index in [9.17, 15) is 4.79 Å². The number of amides is 1. The molecule has 0 bridgehead atoms. The van der Waals surface area contributed by atoms with Crippen LogP contribution in [0.15, 0.2) is 42.5 Å². The van der Waals surface area contributed by atoms with Crippen molar-refractivity contribution in [3.8, 4) is 17.2 Å². The van der Waals surface area contributed by atoms with Crippen LogP contribution in [0, 0.1) is 0 Å². The van der Waals surface area contributed by atoms with Crippen LogP contribution in [0.25, 0.3) is 0 Å². The van der Waals surface area contributed by atoms with Crippen molar-refractivity contribution < 1.29 is 19.0 Å². The molecular weight excluding hydrogens is 306 g/mol. The SMILES string of the molecule is COc1cccc(CC(=O)NC(C)c2ccc3c(c2)OCCO3)c1. The molecule has 0 saturated carbocycles. The zero-order valence-electron chi connectivity index (χ0n) is 13.9. The van der Waals surface area contributed by atoms with Gasteiger partial charge in [0.2, 0.25) is 5.91 Å². The van der Waals surface area contributed by atoms with Gasteiger partial charge in [-0.3, -0.25) is 4.79 Å². The number of benzene rings is 2. The van der Waals surface area contributed by atoms with Crippen molar-refractivity contribution in [3.63, 3.8) is 0 Å². The third-order valence-corrected chi connectivity index (χ3v) is 3.94. The molecule has 5 heteroatoms. The number of fused-ring (bicyclic) bond motifs is 1. The Labute approximate surface area is 141 Å². The maximum Gasteiger partial charge on any atom is 0.224 e. The van der Waals surface area contributed by atoms with E-state index in [1.165, 1.54) is 0 Å². The lowest BCUT2D eigenvalue weighted by molar-refractivity contribution is -0.121. The minimum Gasteiger partial charge on any atom is -0.497 e. The van der Waals surface area contributed by atoms with Crippen molar-refractivity contribution in [2.24, 2.45) is 0 Å². The molecule has 2 aromatic rings. The molecule has 3 rings (SSSR count). The number of carbonyl (C=O) groups is 1. The van der Waals surface area contributed by atoms with E-state index in [-0.39, 0.29) is 11.9 Å². The summed E-state index contributed by atoms with van der Waals surface area (Å²) >= 11 is 0. The standard InChI is InChI=1S/C19H21NO4/c1-13(15-6-7-17-18(12-15)24-9-8-23-17)20-19(21)11-14-4-3-5-16(10-14)22-2/h3-7,10,12-13H,8-9,11H2,1-2H3,(H,20,21). The van der Waals surface area contributed by atoms with Gasteiger partial charge in [-0.05, 0) is 42.3 Å². The molecule has 0 aromatic heterocycles. The Bertz CT molecular complexity index is 729. The van der Waals surface area contributed by atoms with E-state index in [1.807, 2.05) is 49.4 Å². The van der Waals surface area contributed by atoms with E-state index < -0.39 is 0 Å². The second-order valence-electron chi connectivity index (χ2n) is 5.72. The molecule has 0 spiro atoms. The maximum atomic E-state index is 12.3. The van der Waals surface area contributed by atoms with E-state index in [0.29, 0.717) is 19.6 Å². The fraction of sp³-hybridized carbons (Fsp3) is 0.316. The topological polar surface area (TPSA) is 56.8 Å². The highest BCUT2D eigenvalue weighted by atomic mass is 16.6. The Balaban J connectivity index is 1.63. The summed E-state index contributed by atoms with van der Waals surface area (Å²) < 4.78 is 16.3. The molecule has 24 heavy (non-hydrogen) atoms. The van der Waals surface area contributed by atoms with Crippen LogP contribution >= 0.6 is 0 Å². The number of rotatable bonds is 5. The van der Waals surface area contributed by atoms with Crippen LogP contribution in [0.3, 0.4) is 0 Å². The number of nitrogens with one attached hydrogen (secondary N) is 1. The lowest BCUT2D eigenvalue weighted by Gasteiger charge is -2.21. The summed E-state index contributed by atoms with van der Waals surface area (Å²) in [6.07, 6.45) is 0.312. The first kappa shape index (κ1) is 16.2. The van der Waals surface area contributed by atoms with Gasteiger partial charge in [0.15, 0.2) is 11.5 Å². The summed E-state index contributed by atoms with van der Waals surface area (Å²) in [5.74, 6) is 2.19. The van der Waals surface area contributed by atoms with Crippen molar-refractivity contribution in [1.29, 1.82) is 0 Å². The van der Waals surface area contributed by atoms with Crippen molar-refractivity contribution in [2.45, 2.75) is 19.4 Å². The highest BCUT2D eigenvalue weighted by Gasteiger charge is 2.16. The Kier molecular flexibility index (Phi) is 4.89. The maximum absolute atomic E-state index is 12.3. The van der Waals surface area contributed by atoms with Gasteiger partial charge >= 0.3 is 0 Å². The average molecular weight is 327 g/mol. The lowest BCUT2D eigenvalue weighted by Crippen LogP contribution is -2.28. The zero-order chi connectivity index (χ0) is 16.9. The molecule has 1 atom stereocenters. The largest absolute Gasteiger partial charge is 0.497 e. The molecule has 1 amide bonds. The first-order valence-electron chi connectivity index (χ1n) is 7.97. The molecule has 5 nitrogen and oxygen atoms in total. The molecule has 1 aliphatic heterocycles. The number of hydrogen-bond acceptors (Lipinski definition) is 4. The van der Waals surface area contributed by atoms with Crippen LogP contribution in [-0.2, 0) is 11.2 Å². The van der Waals surface area contributed by atoms with Crippen LogP contribution in [0.2, 0.25) is 0 Å². The summed E-state index contributed by atoms with van der Waals surface area (Å²) in [6, 6.07) is 13.2. The molecule has 2 aromatic carbocycles. The molecule has 1 N–H and O–H groups in total. The second kappa shape index (κ2) is 7.25. The van der Waals surface area contributed by atoms with Gasteiger partial charge < -0.3 is 19.5 Å². The van der Waals surface area contributed by atoms with Crippen LogP contribution in [0.5, 0.6) is 17.2 Å². The number of hydrogen-bond donors (Lipinski definition) is 1. The predicted molar refractivity (Wildman–Crippen MR) is 90.7 cm³/mol. The Hall–Kier alpha value is -2.69.